The summed E-state index contributed by atoms with van der Waals surface area (Å²) in [6.07, 6.45) is -1.29. The highest BCUT2D eigenvalue weighted by atomic mass is 16.3. The first kappa shape index (κ1) is 8.64. The van der Waals surface area contributed by atoms with Gasteiger partial charge in [-0.15, -0.1) is 0 Å². The molecule has 0 amide bonds. The molecule has 3 unspecified atom stereocenters. The lowest BCUT2D eigenvalue weighted by Gasteiger charge is -2.30. The molecule has 1 rings (SSSR count). The fourth-order valence-corrected chi connectivity index (χ4v) is 1.34. The SMILES string of the molecule is CC(=O)C1CCNC(O)C1O. The summed E-state index contributed by atoms with van der Waals surface area (Å²) >= 11 is 0. The number of carbonyl (C=O) groups excluding carboxylic acids is 1. The van der Waals surface area contributed by atoms with Crippen LogP contribution in [0.15, 0.2) is 0 Å². The Morgan fingerprint density at radius 2 is 2.18 bits per heavy atom. The number of piperidine rings is 1. The molecule has 1 aliphatic rings. The van der Waals surface area contributed by atoms with Gasteiger partial charge in [0.2, 0.25) is 0 Å². The third-order valence-electron chi connectivity index (χ3n) is 2.07. The van der Waals surface area contributed by atoms with Gasteiger partial charge < -0.3 is 10.2 Å². The van der Waals surface area contributed by atoms with Crippen molar-refractivity contribution in [1.82, 2.24) is 5.32 Å². The van der Waals surface area contributed by atoms with E-state index in [0.717, 1.165) is 0 Å². The number of hydrogen-bond donors (Lipinski definition) is 3. The largest absolute Gasteiger partial charge is 0.388 e. The third-order valence-corrected chi connectivity index (χ3v) is 2.07. The topological polar surface area (TPSA) is 69.6 Å². The molecule has 3 N–H and O–H groups in total. The van der Waals surface area contributed by atoms with Crippen LogP contribution in [0, 0.1) is 5.92 Å². The van der Waals surface area contributed by atoms with Crippen LogP contribution in [-0.2, 0) is 4.79 Å². The highest BCUT2D eigenvalue weighted by Gasteiger charge is 2.32. The Bertz CT molecular complexity index is 160. The number of aliphatic hydroxyl groups excluding tert-OH is 2. The molecule has 0 saturated carbocycles. The Hall–Kier alpha value is -0.450. The van der Waals surface area contributed by atoms with Crippen molar-refractivity contribution in [2.24, 2.45) is 5.92 Å². The Balaban J connectivity index is 2.58. The molecule has 1 fully saturated rings. The monoisotopic (exact) mass is 159 g/mol. The quantitative estimate of drug-likeness (QED) is 0.452. The summed E-state index contributed by atoms with van der Waals surface area (Å²) in [7, 11) is 0. The number of Topliss-reactive ketones (excluding diaryl/α,β-unsaturated/α-hetero) is 1. The van der Waals surface area contributed by atoms with Crippen LogP contribution >= 0.6 is 0 Å². The van der Waals surface area contributed by atoms with Crippen molar-refractivity contribution in [3.05, 3.63) is 0 Å². The van der Waals surface area contributed by atoms with Crippen molar-refractivity contribution in [3.63, 3.8) is 0 Å². The number of rotatable bonds is 1. The minimum Gasteiger partial charge on any atom is -0.388 e. The lowest BCUT2D eigenvalue weighted by molar-refractivity contribution is -0.132. The van der Waals surface area contributed by atoms with Gasteiger partial charge in [0.1, 0.15) is 18.1 Å². The minimum absolute atomic E-state index is 0.0574. The molecule has 4 nitrogen and oxygen atoms in total. The van der Waals surface area contributed by atoms with Crippen molar-refractivity contribution in [3.8, 4) is 0 Å². The maximum absolute atomic E-state index is 10.9. The van der Waals surface area contributed by atoms with E-state index in [-0.39, 0.29) is 5.78 Å². The normalized spacial score (nSPS) is 38.6. The molecular formula is C7H13NO3. The highest BCUT2D eigenvalue weighted by Crippen LogP contribution is 2.16. The van der Waals surface area contributed by atoms with Crippen molar-refractivity contribution >= 4 is 5.78 Å². The second-order valence-electron chi connectivity index (χ2n) is 2.90. The average Bonchev–Trinajstić information content (AvgIpc) is 1.94. The number of ketones is 1. The van der Waals surface area contributed by atoms with Crippen LogP contribution in [0.1, 0.15) is 13.3 Å². The molecule has 64 valence electrons. The van der Waals surface area contributed by atoms with Crippen LogP contribution < -0.4 is 5.32 Å². The van der Waals surface area contributed by atoms with E-state index in [0.29, 0.717) is 13.0 Å². The lowest BCUT2D eigenvalue weighted by atomic mass is 9.90. The second kappa shape index (κ2) is 3.30. The Morgan fingerprint density at radius 3 is 2.64 bits per heavy atom. The summed E-state index contributed by atoms with van der Waals surface area (Å²) < 4.78 is 0. The van der Waals surface area contributed by atoms with Crippen molar-refractivity contribution in [2.45, 2.75) is 25.7 Å². The average molecular weight is 159 g/mol. The fraction of sp³-hybridized carbons (Fsp3) is 0.857. The molecule has 1 heterocycles. The third kappa shape index (κ3) is 1.77. The first-order valence-corrected chi connectivity index (χ1v) is 3.73. The molecule has 0 aliphatic carbocycles. The fourth-order valence-electron chi connectivity index (χ4n) is 1.34. The van der Waals surface area contributed by atoms with Gasteiger partial charge in [-0.25, -0.2) is 0 Å². The Morgan fingerprint density at radius 1 is 1.55 bits per heavy atom. The van der Waals surface area contributed by atoms with E-state index in [2.05, 4.69) is 5.32 Å². The molecule has 1 saturated heterocycles. The van der Waals surface area contributed by atoms with Crippen LogP contribution in [0.4, 0.5) is 0 Å². The van der Waals surface area contributed by atoms with Crippen molar-refractivity contribution in [1.29, 1.82) is 0 Å². The van der Waals surface area contributed by atoms with E-state index in [1.807, 2.05) is 0 Å². The standard InChI is InChI=1S/C7H13NO3/c1-4(9)5-2-3-8-7(11)6(5)10/h5-8,10-11H,2-3H2,1H3. The molecule has 0 aromatic rings. The highest BCUT2D eigenvalue weighted by molar-refractivity contribution is 5.79. The van der Waals surface area contributed by atoms with E-state index in [1.54, 1.807) is 0 Å². The molecule has 11 heavy (non-hydrogen) atoms. The maximum Gasteiger partial charge on any atom is 0.135 e. The van der Waals surface area contributed by atoms with Gasteiger partial charge in [0.15, 0.2) is 0 Å². The molecule has 3 atom stereocenters. The molecular weight excluding hydrogens is 146 g/mol. The van der Waals surface area contributed by atoms with Crippen LogP contribution in [0.5, 0.6) is 0 Å². The zero-order chi connectivity index (χ0) is 8.43. The molecule has 0 radical (unpaired) electrons. The molecule has 1 aliphatic heterocycles. The predicted octanol–water partition coefficient (Wildman–Crippen LogP) is -1.14. The van der Waals surface area contributed by atoms with E-state index >= 15 is 0 Å². The summed E-state index contributed by atoms with van der Waals surface area (Å²) in [6.45, 7) is 2.02. The van der Waals surface area contributed by atoms with Gasteiger partial charge in [0, 0.05) is 5.92 Å². The summed E-state index contributed by atoms with van der Waals surface area (Å²) in [5.74, 6) is -0.454. The Labute approximate surface area is 65.2 Å². The second-order valence-corrected chi connectivity index (χ2v) is 2.90. The van der Waals surface area contributed by atoms with Gasteiger partial charge >= 0.3 is 0 Å². The summed E-state index contributed by atoms with van der Waals surface area (Å²) in [5, 5.41) is 21.0. The molecule has 0 aromatic heterocycles. The molecule has 0 aromatic carbocycles. The van der Waals surface area contributed by atoms with Gasteiger partial charge in [-0.1, -0.05) is 0 Å². The number of hydrogen-bond acceptors (Lipinski definition) is 4. The molecule has 0 spiro atoms. The van der Waals surface area contributed by atoms with Crippen LogP contribution in [0.3, 0.4) is 0 Å². The van der Waals surface area contributed by atoms with Gasteiger partial charge in [-0.05, 0) is 19.9 Å². The van der Waals surface area contributed by atoms with Crippen LogP contribution in [-0.4, -0.2) is 34.9 Å². The predicted molar refractivity (Wildman–Crippen MR) is 38.8 cm³/mol. The summed E-state index contributed by atoms with van der Waals surface area (Å²) in [4.78, 5) is 10.9. The van der Waals surface area contributed by atoms with Gasteiger partial charge in [0.05, 0.1) is 0 Å². The van der Waals surface area contributed by atoms with Crippen LogP contribution in [0.2, 0.25) is 0 Å². The lowest BCUT2D eigenvalue weighted by Crippen LogP contribution is -2.51. The van der Waals surface area contributed by atoms with Gasteiger partial charge in [0.25, 0.3) is 0 Å². The van der Waals surface area contributed by atoms with E-state index < -0.39 is 18.2 Å². The maximum atomic E-state index is 10.9. The first-order chi connectivity index (χ1) is 5.13. The Kier molecular flexibility index (Phi) is 2.59. The smallest absolute Gasteiger partial charge is 0.135 e. The van der Waals surface area contributed by atoms with Crippen LogP contribution in [0.25, 0.3) is 0 Å². The zero-order valence-corrected chi connectivity index (χ0v) is 6.45. The van der Waals surface area contributed by atoms with Crippen molar-refractivity contribution < 1.29 is 15.0 Å². The minimum atomic E-state index is -0.947. The zero-order valence-electron chi connectivity index (χ0n) is 6.45. The number of nitrogens with one attached hydrogen (secondary N) is 1. The first-order valence-electron chi connectivity index (χ1n) is 3.73. The molecule has 0 bridgehead atoms. The van der Waals surface area contributed by atoms with Gasteiger partial charge in [-0.2, -0.15) is 0 Å². The van der Waals surface area contributed by atoms with Crippen molar-refractivity contribution in [2.75, 3.05) is 6.54 Å². The summed E-state index contributed by atoms with van der Waals surface area (Å²) in [6, 6.07) is 0. The number of aliphatic hydroxyl groups is 2. The summed E-state index contributed by atoms with van der Waals surface area (Å²) in [5.41, 5.74) is 0. The van der Waals surface area contributed by atoms with E-state index in [9.17, 15) is 9.90 Å². The van der Waals surface area contributed by atoms with E-state index in [1.165, 1.54) is 6.92 Å². The van der Waals surface area contributed by atoms with E-state index in [4.69, 9.17) is 5.11 Å². The molecule has 4 heteroatoms. The van der Waals surface area contributed by atoms with Gasteiger partial charge in [-0.3, -0.25) is 10.1 Å². The number of carbonyl (C=O) groups is 1.